The van der Waals surface area contributed by atoms with Gasteiger partial charge in [0.05, 0.1) is 0 Å². The van der Waals surface area contributed by atoms with Crippen LogP contribution in [0.15, 0.2) is 47.2 Å². The van der Waals surface area contributed by atoms with Crippen molar-refractivity contribution >= 4 is 5.91 Å². The first-order valence-corrected chi connectivity index (χ1v) is 8.77. The van der Waals surface area contributed by atoms with Crippen molar-refractivity contribution < 1.29 is 14.1 Å². The van der Waals surface area contributed by atoms with Crippen LogP contribution < -0.4 is 10.1 Å². The Hall–Kier alpha value is -3.22. The molecule has 7 nitrogen and oxygen atoms in total. The van der Waals surface area contributed by atoms with Crippen molar-refractivity contribution in [1.29, 1.82) is 0 Å². The fourth-order valence-corrected chi connectivity index (χ4v) is 2.48. The number of carbonyl (C=O) groups excluding carboxylic acids is 1. The van der Waals surface area contributed by atoms with Crippen LogP contribution in [0.2, 0.25) is 0 Å². The highest BCUT2D eigenvalue weighted by Crippen LogP contribution is 2.20. The summed E-state index contributed by atoms with van der Waals surface area (Å²) in [6.45, 7) is 6.05. The minimum absolute atomic E-state index is 0.192. The summed E-state index contributed by atoms with van der Waals surface area (Å²) >= 11 is 0. The Morgan fingerprint density at radius 3 is 2.93 bits per heavy atom. The first-order valence-electron chi connectivity index (χ1n) is 8.77. The molecule has 1 aromatic carbocycles. The molecule has 1 atom stereocenters. The van der Waals surface area contributed by atoms with Gasteiger partial charge in [-0.15, -0.1) is 0 Å². The summed E-state index contributed by atoms with van der Waals surface area (Å²) in [5.41, 5.74) is 2.87. The van der Waals surface area contributed by atoms with Gasteiger partial charge < -0.3 is 14.6 Å². The van der Waals surface area contributed by atoms with E-state index in [9.17, 15) is 4.79 Å². The molecule has 0 aliphatic carbocycles. The van der Waals surface area contributed by atoms with E-state index in [1.54, 1.807) is 19.3 Å². The van der Waals surface area contributed by atoms with Gasteiger partial charge in [0.2, 0.25) is 11.7 Å². The number of benzene rings is 1. The molecule has 1 unspecified atom stereocenters. The lowest BCUT2D eigenvalue weighted by Gasteiger charge is -2.16. The first-order chi connectivity index (χ1) is 13.0. The van der Waals surface area contributed by atoms with Crippen molar-refractivity contribution in [2.24, 2.45) is 0 Å². The highest BCUT2D eigenvalue weighted by molar-refractivity contribution is 5.80. The summed E-state index contributed by atoms with van der Waals surface area (Å²) in [5.74, 6) is 1.46. The second-order valence-corrected chi connectivity index (χ2v) is 6.32. The van der Waals surface area contributed by atoms with Gasteiger partial charge in [-0.1, -0.05) is 17.3 Å². The molecule has 1 N–H and O–H groups in total. The highest BCUT2D eigenvalue weighted by Gasteiger charge is 2.16. The molecule has 2 heterocycles. The molecule has 0 spiro atoms. The molecule has 3 rings (SSSR count). The van der Waals surface area contributed by atoms with E-state index in [4.69, 9.17) is 9.26 Å². The number of hydrogen-bond acceptors (Lipinski definition) is 6. The molecule has 0 radical (unpaired) electrons. The molecule has 0 saturated heterocycles. The van der Waals surface area contributed by atoms with Gasteiger partial charge in [-0.25, -0.2) is 0 Å². The number of carbonyl (C=O) groups is 1. The fourth-order valence-electron chi connectivity index (χ4n) is 2.48. The normalized spacial score (nSPS) is 11.8. The largest absolute Gasteiger partial charge is 0.481 e. The van der Waals surface area contributed by atoms with Crippen LogP contribution in [0.5, 0.6) is 5.75 Å². The fraction of sp³-hybridized carbons (Fsp3) is 0.300. The number of pyridine rings is 1. The average Bonchev–Trinajstić information content (AvgIpc) is 3.14. The Balaban J connectivity index is 1.49. The van der Waals surface area contributed by atoms with Crippen molar-refractivity contribution in [3.63, 3.8) is 0 Å². The predicted octanol–water partition coefficient (Wildman–Crippen LogP) is 2.87. The summed E-state index contributed by atoms with van der Waals surface area (Å²) in [5, 5.41) is 6.76. The van der Waals surface area contributed by atoms with Gasteiger partial charge in [-0.2, -0.15) is 4.98 Å². The van der Waals surface area contributed by atoms with Crippen LogP contribution in [0.4, 0.5) is 0 Å². The molecule has 0 saturated carbocycles. The summed E-state index contributed by atoms with van der Waals surface area (Å²) in [7, 11) is 0. The zero-order valence-corrected chi connectivity index (χ0v) is 15.6. The van der Waals surface area contributed by atoms with Crippen LogP contribution in [0.3, 0.4) is 0 Å². The number of aryl methyl sites for hydroxylation is 2. The van der Waals surface area contributed by atoms with E-state index in [0.29, 0.717) is 24.7 Å². The van der Waals surface area contributed by atoms with Crippen LogP contribution >= 0.6 is 0 Å². The van der Waals surface area contributed by atoms with Crippen LogP contribution in [0.25, 0.3) is 11.4 Å². The van der Waals surface area contributed by atoms with E-state index in [1.807, 2.05) is 44.2 Å². The number of nitrogens with zero attached hydrogens (tertiary/aromatic N) is 3. The van der Waals surface area contributed by atoms with Crippen molar-refractivity contribution in [2.75, 3.05) is 6.54 Å². The van der Waals surface area contributed by atoms with E-state index in [-0.39, 0.29) is 5.91 Å². The molecule has 1 amide bonds. The van der Waals surface area contributed by atoms with E-state index < -0.39 is 6.10 Å². The summed E-state index contributed by atoms with van der Waals surface area (Å²) in [6, 6.07) is 9.58. The SMILES string of the molecule is Cc1ccc(C)c(OC(C)C(=O)NCCc2nc(-c3cccnc3)no2)c1. The molecule has 0 aliphatic heterocycles. The van der Waals surface area contributed by atoms with E-state index in [0.717, 1.165) is 22.4 Å². The molecule has 2 aromatic heterocycles. The summed E-state index contributed by atoms with van der Waals surface area (Å²) in [4.78, 5) is 20.6. The topological polar surface area (TPSA) is 90.1 Å². The molecule has 3 aromatic rings. The quantitative estimate of drug-likeness (QED) is 0.691. The van der Waals surface area contributed by atoms with Gasteiger partial charge >= 0.3 is 0 Å². The van der Waals surface area contributed by atoms with Crippen molar-refractivity contribution in [3.05, 3.63) is 59.7 Å². The third-order valence-corrected chi connectivity index (χ3v) is 4.04. The minimum Gasteiger partial charge on any atom is -0.481 e. The van der Waals surface area contributed by atoms with Gasteiger partial charge in [-0.3, -0.25) is 9.78 Å². The molecule has 0 bridgehead atoms. The average molecular weight is 366 g/mol. The zero-order valence-electron chi connectivity index (χ0n) is 15.6. The standard InChI is InChI=1S/C20H22N4O3/c1-13-6-7-14(2)17(11-13)26-15(3)20(25)22-10-8-18-23-19(24-27-18)16-5-4-9-21-12-16/h4-7,9,11-12,15H,8,10H2,1-3H3,(H,22,25). The summed E-state index contributed by atoms with van der Waals surface area (Å²) in [6.07, 6.45) is 3.19. The number of amides is 1. The monoisotopic (exact) mass is 366 g/mol. The third kappa shape index (κ3) is 4.91. The number of nitrogens with one attached hydrogen (secondary N) is 1. The van der Waals surface area contributed by atoms with Crippen LogP contribution in [-0.2, 0) is 11.2 Å². The summed E-state index contributed by atoms with van der Waals surface area (Å²) < 4.78 is 11.0. The Morgan fingerprint density at radius 2 is 2.15 bits per heavy atom. The van der Waals surface area contributed by atoms with Gasteiger partial charge in [0.15, 0.2) is 6.10 Å². The Morgan fingerprint density at radius 1 is 1.30 bits per heavy atom. The smallest absolute Gasteiger partial charge is 0.260 e. The Labute approximate surface area is 157 Å². The number of ether oxygens (including phenoxy) is 1. The van der Waals surface area contributed by atoms with Gasteiger partial charge in [-0.05, 0) is 50.1 Å². The maximum atomic E-state index is 12.2. The van der Waals surface area contributed by atoms with Crippen LogP contribution in [-0.4, -0.2) is 33.7 Å². The van der Waals surface area contributed by atoms with Crippen molar-refractivity contribution in [1.82, 2.24) is 20.4 Å². The van der Waals surface area contributed by atoms with E-state index in [1.165, 1.54) is 0 Å². The maximum Gasteiger partial charge on any atom is 0.260 e. The predicted molar refractivity (Wildman–Crippen MR) is 100 cm³/mol. The minimum atomic E-state index is -0.598. The molecular formula is C20H22N4O3. The van der Waals surface area contributed by atoms with Gasteiger partial charge in [0.1, 0.15) is 5.75 Å². The highest BCUT2D eigenvalue weighted by atomic mass is 16.5. The van der Waals surface area contributed by atoms with Crippen LogP contribution in [0, 0.1) is 13.8 Å². The lowest BCUT2D eigenvalue weighted by Crippen LogP contribution is -2.37. The number of hydrogen-bond donors (Lipinski definition) is 1. The molecule has 0 fully saturated rings. The molecule has 27 heavy (non-hydrogen) atoms. The second kappa shape index (κ2) is 8.44. The van der Waals surface area contributed by atoms with E-state index in [2.05, 4.69) is 20.4 Å². The number of rotatable bonds is 7. The Kier molecular flexibility index (Phi) is 5.80. The first kappa shape index (κ1) is 18.6. The van der Waals surface area contributed by atoms with Gasteiger partial charge in [0.25, 0.3) is 5.91 Å². The second-order valence-electron chi connectivity index (χ2n) is 6.32. The van der Waals surface area contributed by atoms with E-state index >= 15 is 0 Å². The molecular weight excluding hydrogens is 344 g/mol. The maximum absolute atomic E-state index is 12.2. The van der Waals surface area contributed by atoms with Crippen LogP contribution in [0.1, 0.15) is 23.9 Å². The molecule has 0 aliphatic rings. The van der Waals surface area contributed by atoms with Crippen molar-refractivity contribution in [3.8, 4) is 17.1 Å². The molecule has 7 heteroatoms. The lowest BCUT2D eigenvalue weighted by atomic mass is 10.1. The zero-order chi connectivity index (χ0) is 19.2. The number of aromatic nitrogens is 3. The lowest BCUT2D eigenvalue weighted by molar-refractivity contribution is -0.127. The van der Waals surface area contributed by atoms with Gasteiger partial charge in [0, 0.05) is 30.9 Å². The van der Waals surface area contributed by atoms with Crippen molar-refractivity contribution in [2.45, 2.75) is 33.3 Å². The third-order valence-electron chi connectivity index (χ3n) is 4.04. The molecule has 140 valence electrons. The Bertz CT molecular complexity index is 909.